The SMILES string of the molecule is CCCCCCCCCCCCCCCCCCC(=O)OC[C@H](COP(=O)(O)OC[C@@H](O)COP(=O)(O)OC[C@@H](COC(=O)CCCCCCCCCCCC)OC(=O)CCCCCCCCCCCCC(C)CC)OC(=O)CCCCCCCCCCCCCCCCCC(C)C. The molecule has 0 saturated carbocycles. The third-order valence-electron chi connectivity index (χ3n) is 18.8. The van der Waals surface area contributed by atoms with Crippen LogP contribution in [0.3, 0.4) is 0 Å². The predicted octanol–water partition coefficient (Wildman–Crippen LogP) is 23.5. The maximum Gasteiger partial charge on any atom is 0.472 e. The van der Waals surface area contributed by atoms with E-state index in [0.29, 0.717) is 25.7 Å². The topological polar surface area (TPSA) is 237 Å². The fraction of sp³-hybridized carbons (Fsp3) is 0.949. The minimum Gasteiger partial charge on any atom is -0.462 e. The molecule has 582 valence electrons. The molecule has 0 aliphatic carbocycles. The van der Waals surface area contributed by atoms with E-state index in [-0.39, 0.29) is 25.7 Å². The van der Waals surface area contributed by atoms with Crippen molar-refractivity contribution in [2.75, 3.05) is 39.6 Å². The fourth-order valence-corrected chi connectivity index (χ4v) is 13.7. The third-order valence-corrected chi connectivity index (χ3v) is 20.7. The Morgan fingerprint density at radius 2 is 0.520 bits per heavy atom. The highest BCUT2D eigenvalue weighted by molar-refractivity contribution is 7.47. The van der Waals surface area contributed by atoms with Crippen molar-refractivity contribution in [3.8, 4) is 0 Å². The van der Waals surface area contributed by atoms with Gasteiger partial charge in [0.25, 0.3) is 0 Å². The standard InChI is InChI=1S/C79H154O17P2/c1-7-10-12-14-16-18-20-21-22-25-28-31-38-44-50-56-62-77(82)90-68-75(95-78(83)63-57-51-45-39-32-29-26-23-24-27-30-35-41-47-53-59-71(4)5)70-94-98(87,88)92-66-73(80)65-91-97(85,86)93-69-74(67-89-76(81)61-55-49-43-37-19-17-15-13-11-8-2)96-79(84)64-58-52-46-40-34-33-36-42-48-54-60-72(6)9-3/h71-75,80H,7-70H2,1-6H3,(H,85,86)(H,87,88)/t72?,73-,74+,75+/m0/s1. The lowest BCUT2D eigenvalue weighted by Gasteiger charge is -2.21. The van der Waals surface area contributed by atoms with Crippen molar-refractivity contribution in [1.82, 2.24) is 0 Å². The molecule has 17 nitrogen and oxygen atoms in total. The Bertz CT molecular complexity index is 1890. The van der Waals surface area contributed by atoms with Crippen molar-refractivity contribution >= 4 is 39.5 Å². The number of aliphatic hydroxyl groups is 1. The van der Waals surface area contributed by atoms with Crippen molar-refractivity contribution in [1.29, 1.82) is 0 Å². The average molecular weight is 1440 g/mol. The summed E-state index contributed by atoms with van der Waals surface area (Å²) in [6.07, 6.45) is 59.5. The minimum atomic E-state index is -4.96. The molecule has 0 spiro atoms. The predicted molar refractivity (Wildman–Crippen MR) is 400 cm³/mol. The highest BCUT2D eigenvalue weighted by Crippen LogP contribution is 2.45. The Hall–Kier alpha value is -1.94. The highest BCUT2D eigenvalue weighted by atomic mass is 31.2. The molecule has 0 aliphatic heterocycles. The lowest BCUT2D eigenvalue weighted by molar-refractivity contribution is -0.161. The molecule has 0 amide bonds. The van der Waals surface area contributed by atoms with E-state index in [9.17, 15) is 43.2 Å². The number of ether oxygens (including phenoxy) is 4. The number of hydrogen-bond acceptors (Lipinski definition) is 15. The summed E-state index contributed by atoms with van der Waals surface area (Å²) in [6, 6.07) is 0. The molecule has 0 aromatic carbocycles. The van der Waals surface area contributed by atoms with Crippen LogP contribution in [0.25, 0.3) is 0 Å². The van der Waals surface area contributed by atoms with Crippen molar-refractivity contribution in [3.63, 3.8) is 0 Å². The molecule has 0 aromatic rings. The molecular formula is C79H154O17P2. The largest absolute Gasteiger partial charge is 0.472 e. The summed E-state index contributed by atoms with van der Waals surface area (Å²) in [5.41, 5.74) is 0. The number of unbranched alkanes of at least 4 members (excludes halogenated alkanes) is 47. The molecule has 0 aromatic heterocycles. The molecule has 0 rings (SSSR count). The molecule has 0 bridgehead atoms. The molecule has 3 unspecified atom stereocenters. The maximum absolute atomic E-state index is 13.1. The first-order chi connectivity index (χ1) is 47.4. The summed E-state index contributed by atoms with van der Waals surface area (Å²) in [6.45, 7) is 9.67. The molecule has 0 heterocycles. The summed E-state index contributed by atoms with van der Waals surface area (Å²) in [4.78, 5) is 72.9. The molecule has 0 saturated heterocycles. The Balaban J connectivity index is 5.25. The van der Waals surface area contributed by atoms with Gasteiger partial charge >= 0.3 is 39.5 Å². The van der Waals surface area contributed by atoms with Gasteiger partial charge in [0.15, 0.2) is 12.2 Å². The summed E-state index contributed by atoms with van der Waals surface area (Å²) < 4.78 is 68.7. The molecule has 0 aliphatic rings. The van der Waals surface area contributed by atoms with Crippen LogP contribution < -0.4 is 0 Å². The second kappa shape index (κ2) is 70.7. The normalized spacial score (nSPS) is 14.2. The zero-order chi connectivity index (χ0) is 72.1. The monoisotopic (exact) mass is 1440 g/mol. The lowest BCUT2D eigenvalue weighted by Crippen LogP contribution is -2.30. The average Bonchev–Trinajstić information content (AvgIpc) is 2.07. The first kappa shape index (κ1) is 96.1. The van der Waals surface area contributed by atoms with Gasteiger partial charge in [0.1, 0.15) is 19.3 Å². The van der Waals surface area contributed by atoms with Gasteiger partial charge in [-0.15, -0.1) is 0 Å². The van der Waals surface area contributed by atoms with E-state index in [1.165, 1.54) is 231 Å². The van der Waals surface area contributed by atoms with Gasteiger partial charge in [-0.05, 0) is 37.5 Å². The number of aliphatic hydroxyl groups excluding tert-OH is 1. The second-order valence-electron chi connectivity index (χ2n) is 29.2. The molecular weight excluding hydrogens is 1280 g/mol. The molecule has 19 heteroatoms. The van der Waals surface area contributed by atoms with Crippen molar-refractivity contribution in [3.05, 3.63) is 0 Å². The summed E-state index contributed by atoms with van der Waals surface area (Å²) in [5.74, 6) is -0.504. The number of hydrogen-bond donors (Lipinski definition) is 3. The number of carbonyl (C=O) groups is 4. The summed E-state index contributed by atoms with van der Waals surface area (Å²) >= 11 is 0. The zero-order valence-electron chi connectivity index (χ0n) is 64.1. The molecule has 0 fully saturated rings. The van der Waals surface area contributed by atoms with E-state index < -0.39 is 97.5 Å². The molecule has 98 heavy (non-hydrogen) atoms. The number of rotatable bonds is 78. The third kappa shape index (κ3) is 71.1. The van der Waals surface area contributed by atoms with E-state index in [1.54, 1.807) is 0 Å². The van der Waals surface area contributed by atoms with Gasteiger partial charge in [-0.25, -0.2) is 9.13 Å². The van der Waals surface area contributed by atoms with E-state index >= 15 is 0 Å². The van der Waals surface area contributed by atoms with Crippen LogP contribution in [-0.4, -0.2) is 96.7 Å². The minimum absolute atomic E-state index is 0.107. The van der Waals surface area contributed by atoms with Crippen LogP contribution in [0.1, 0.15) is 414 Å². The van der Waals surface area contributed by atoms with Crippen LogP contribution in [0, 0.1) is 11.8 Å². The van der Waals surface area contributed by atoms with Crippen molar-refractivity contribution in [2.45, 2.75) is 432 Å². The van der Waals surface area contributed by atoms with E-state index in [0.717, 1.165) is 102 Å². The van der Waals surface area contributed by atoms with Crippen LogP contribution in [-0.2, 0) is 65.4 Å². The molecule has 3 N–H and O–H groups in total. The smallest absolute Gasteiger partial charge is 0.462 e. The Morgan fingerprint density at radius 1 is 0.296 bits per heavy atom. The van der Waals surface area contributed by atoms with E-state index in [2.05, 4.69) is 41.5 Å². The van der Waals surface area contributed by atoms with Crippen LogP contribution in [0.5, 0.6) is 0 Å². The Kier molecular flexibility index (Phi) is 69.3. The van der Waals surface area contributed by atoms with Gasteiger partial charge in [0.05, 0.1) is 26.4 Å². The van der Waals surface area contributed by atoms with E-state index in [1.807, 2.05) is 0 Å². The van der Waals surface area contributed by atoms with E-state index in [4.69, 9.17) is 37.0 Å². The van der Waals surface area contributed by atoms with Crippen LogP contribution >= 0.6 is 15.6 Å². The van der Waals surface area contributed by atoms with Crippen molar-refractivity contribution in [2.24, 2.45) is 11.8 Å². The van der Waals surface area contributed by atoms with Gasteiger partial charge in [-0.1, -0.05) is 363 Å². The van der Waals surface area contributed by atoms with Crippen LogP contribution in [0.15, 0.2) is 0 Å². The van der Waals surface area contributed by atoms with Crippen LogP contribution in [0.4, 0.5) is 0 Å². The highest BCUT2D eigenvalue weighted by Gasteiger charge is 2.30. The first-order valence-corrected chi connectivity index (χ1v) is 44.0. The van der Waals surface area contributed by atoms with Gasteiger partial charge < -0.3 is 33.8 Å². The van der Waals surface area contributed by atoms with Crippen molar-refractivity contribution < 1.29 is 80.2 Å². The van der Waals surface area contributed by atoms with Crippen LogP contribution in [0.2, 0.25) is 0 Å². The molecule has 6 atom stereocenters. The number of esters is 4. The second-order valence-corrected chi connectivity index (χ2v) is 32.1. The Labute approximate surface area is 600 Å². The summed E-state index contributed by atoms with van der Waals surface area (Å²) in [5, 5.41) is 10.6. The zero-order valence-corrected chi connectivity index (χ0v) is 65.9. The van der Waals surface area contributed by atoms with Gasteiger partial charge in [-0.2, -0.15) is 0 Å². The Morgan fingerprint density at radius 3 is 0.776 bits per heavy atom. The number of phosphoric ester groups is 2. The molecule has 0 radical (unpaired) electrons. The van der Waals surface area contributed by atoms with Gasteiger partial charge in [-0.3, -0.25) is 37.3 Å². The summed E-state index contributed by atoms with van der Waals surface area (Å²) in [7, 11) is -9.92. The van der Waals surface area contributed by atoms with Gasteiger partial charge in [0.2, 0.25) is 0 Å². The maximum atomic E-state index is 13.1. The fourth-order valence-electron chi connectivity index (χ4n) is 12.2. The lowest BCUT2D eigenvalue weighted by atomic mass is 9.99. The first-order valence-electron chi connectivity index (χ1n) is 41.0. The number of carbonyl (C=O) groups excluding carboxylic acids is 4. The number of phosphoric acid groups is 2. The van der Waals surface area contributed by atoms with Gasteiger partial charge in [0, 0.05) is 25.7 Å². The quantitative estimate of drug-likeness (QED) is 0.0222.